The Morgan fingerprint density at radius 2 is 1.48 bits per heavy atom. The molecule has 0 aliphatic carbocycles. The average Bonchev–Trinajstić information content (AvgIpc) is 2.74. The molecule has 176 valence electrons. The largest absolute Gasteiger partial charge is 0.508 e. The highest BCUT2D eigenvalue weighted by atomic mass is 16.7. The summed E-state index contributed by atoms with van der Waals surface area (Å²) in [5.74, 6) is -4.55. The monoisotopic (exact) mass is 464 g/mol. The van der Waals surface area contributed by atoms with E-state index in [1.54, 1.807) is 0 Å². The van der Waals surface area contributed by atoms with Gasteiger partial charge in [0.2, 0.25) is 17.5 Å². The second-order valence-corrected chi connectivity index (χ2v) is 7.59. The van der Waals surface area contributed by atoms with E-state index in [9.17, 15) is 45.6 Å². The lowest BCUT2D eigenvalue weighted by molar-refractivity contribution is -0.268. The molecule has 8 N–H and O–H groups in total. The van der Waals surface area contributed by atoms with E-state index in [2.05, 4.69) is 0 Å². The molecule has 12 nitrogen and oxygen atoms in total. The molecule has 4 rings (SSSR count). The predicted molar refractivity (Wildman–Crippen MR) is 109 cm³/mol. The summed E-state index contributed by atoms with van der Waals surface area (Å²) in [4.78, 5) is 13.2. The molecule has 1 aliphatic heterocycles. The highest BCUT2D eigenvalue weighted by Gasteiger charge is 2.44. The van der Waals surface area contributed by atoms with Gasteiger partial charge >= 0.3 is 0 Å². The van der Waals surface area contributed by atoms with Gasteiger partial charge in [-0.05, 0) is 19.1 Å². The summed E-state index contributed by atoms with van der Waals surface area (Å²) < 4.78 is 16.5. The number of ether oxygens (including phenoxy) is 2. The van der Waals surface area contributed by atoms with Crippen LogP contribution in [0.15, 0.2) is 33.5 Å². The van der Waals surface area contributed by atoms with Crippen molar-refractivity contribution in [2.75, 3.05) is 0 Å². The van der Waals surface area contributed by atoms with Crippen molar-refractivity contribution in [3.8, 4) is 45.8 Å². The van der Waals surface area contributed by atoms with Crippen molar-refractivity contribution in [1.29, 1.82) is 0 Å². The van der Waals surface area contributed by atoms with Crippen molar-refractivity contribution in [2.24, 2.45) is 0 Å². The summed E-state index contributed by atoms with van der Waals surface area (Å²) >= 11 is 0. The fourth-order valence-corrected chi connectivity index (χ4v) is 3.53. The Morgan fingerprint density at radius 1 is 0.848 bits per heavy atom. The van der Waals surface area contributed by atoms with Gasteiger partial charge in [0.15, 0.2) is 23.0 Å². The van der Waals surface area contributed by atoms with Crippen LogP contribution in [0.4, 0.5) is 0 Å². The molecule has 0 unspecified atom stereocenters. The van der Waals surface area contributed by atoms with Crippen LogP contribution < -0.4 is 10.2 Å². The number of fused-ring (bicyclic) bond motifs is 1. The highest BCUT2D eigenvalue weighted by molar-refractivity contribution is 5.88. The minimum atomic E-state index is -1.80. The zero-order valence-corrected chi connectivity index (χ0v) is 16.9. The molecule has 3 aromatic rings. The Morgan fingerprint density at radius 3 is 2.12 bits per heavy atom. The van der Waals surface area contributed by atoms with Crippen LogP contribution in [0.5, 0.6) is 34.5 Å². The molecule has 1 fully saturated rings. The van der Waals surface area contributed by atoms with E-state index in [1.807, 2.05) is 0 Å². The molecule has 33 heavy (non-hydrogen) atoms. The molecule has 1 aromatic heterocycles. The summed E-state index contributed by atoms with van der Waals surface area (Å²) in [6.45, 7) is 1.39. The van der Waals surface area contributed by atoms with Gasteiger partial charge in [0.25, 0.3) is 0 Å². The van der Waals surface area contributed by atoms with Crippen LogP contribution in [-0.2, 0) is 4.74 Å². The number of phenolic OH excluding ortho intramolecular Hbond substituents is 5. The fraction of sp³-hybridized carbons (Fsp3) is 0.286. The van der Waals surface area contributed by atoms with Gasteiger partial charge in [-0.2, -0.15) is 0 Å². The molecule has 0 bridgehead atoms. The van der Waals surface area contributed by atoms with Gasteiger partial charge in [-0.15, -0.1) is 0 Å². The fourth-order valence-electron chi connectivity index (χ4n) is 3.53. The molecule has 0 saturated carbocycles. The summed E-state index contributed by atoms with van der Waals surface area (Å²) in [5.41, 5.74) is -1.45. The number of aromatic hydroxyl groups is 5. The Bertz CT molecular complexity index is 1260. The second-order valence-electron chi connectivity index (χ2n) is 7.59. The van der Waals surface area contributed by atoms with Gasteiger partial charge in [-0.1, -0.05) is 0 Å². The first-order valence-corrected chi connectivity index (χ1v) is 9.64. The van der Waals surface area contributed by atoms with Crippen molar-refractivity contribution in [1.82, 2.24) is 0 Å². The third-order valence-corrected chi connectivity index (χ3v) is 5.29. The van der Waals surface area contributed by atoms with Crippen molar-refractivity contribution < 1.29 is 54.7 Å². The van der Waals surface area contributed by atoms with E-state index >= 15 is 0 Å². The average molecular weight is 464 g/mol. The first-order valence-electron chi connectivity index (χ1n) is 9.64. The molecular weight excluding hydrogens is 444 g/mol. The van der Waals surface area contributed by atoms with E-state index in [1.165, 1.54) is 6.92 Å². The maximum Gasteiger partial charge on any atom is 0.239 e. The predicted octanol–water partition coefficient (Wildman–Crippen LogP) is 0.194. The van der Waals surface area contributed by atoms with E-state index in [-0.39, 0.29) is 11.1 Å². The summed E-state index contributed by atoms with van der Waals surface area (Å²) in [6, 6.07) is 3.79. The molecule has 2 heterocycles. The smallest absolute Gasteiger partial charge is 0.239 e. The number of hydrogen-bond acceptors (Lipinski definition) is 12. The van der Waals surface area contributed by atoms with Crippen LogP contribution in [0.25, 0.3) is 22.3 Å². The minimum Gasteiger partial charge on any atom is -0.508 e. The zero-order valence-electron chi connectivity index (χ0n) is 16.9. The van der Waals surface area contributed by atoms with E-state index in [0.29, 0.717) is 0 Å². The Hall–Kier alpha value is -3.71. The number of rotatable bonds is 3. The van der Waals surface area contributed by atoms with Crippen LogP contribution in [-0.4, -0.2) is 71.6 Å². The highest BCUT2D eigenvalue weighted by Crippen LogP contribution is 2.43. The summed E-state index contributed by atoms with van der Waals surface area (Å²) in [7, 11) is 0. The summed E-state index contributed by atoms with van der Waals surface area (Å²) in [5, 5.41) is 79.1. The van der Waals surface area contributed by atoms with E-state index < -0.39 is 81.8 Å². The van der Waals surface area contributed by atoms with E-state index in [0.717, 1.165) is 24.3 Å². The molecule has 5 atom stereocenters. The number of hydrogen-bond donors (Lipinski definition) is 8. The SMILES string of the molecule is C[C@H]1O[C@@H](Oc2c(-c3cc(O)c(O)c(O)c3)oc3cc(O)cc(O)c3c2=O)[C@H](O)[C@@H](O)[C@H]1O. The van der Waals surface area contributed by atoms with Gasteiger partial charge in [-0.25, -0.2) is 0 Å². The maximum atomic E-state index is 13.2. The second kappa shape index (κ2) is 8.01. The minimum absolute atomic E-state index is 0.168. The molecule has 1 aliphatic rings. The number of phenols is 5. The number of aliphatic hydroxyl groups excluding tert-OH is 3. The van der Waals surface area contributed by atoms with Crippen molar-refractivity contribution in [3.63, 3.8) is 0 Å². The van der Waals surface area contributed by atoms with Gasteiger partial charge < -0.3 is 54.7 Å². The molecule has 12 heteroatoms. The maximum absolute atomic E-state index is 13.2. The quantitative estimate of drug-likeness (QED) is 0.244. The zero-order chi connectivity index (χ0) is 24.2. The lowest BCUT2D eigenvalue weighted by Gasteiger charge is -2.38. The van der Waals surface area contributed by atoms with Gasteiger partial charge in [0, 0.05) is 17.7 Å². The van der Waals surface area contributed by atoms with Crippen LogP contribution >= 0.6 is 0 Å². The summed E-state index contributed by atoms with van der Waals surface area (Å²) in [6.07, 6.45) is -7.59. The third-order valence-electron chi connectivity index (χ3n) is 5.29. The van der Waals surface area contributed by atoms with Gasteiger partial charge in [0.05, 0.1) is 6.10 Å². The van der Waals surface area contributed by atoms with Crippen molar-refractivity contribution in [3.05, 3.63) is 34.5 Å². The molecule has 0 spiro atoms. The van der Waals surface area contributed by atoms with Crippen molar-refractivity contribution in [2.45, 2.75) is 37.6 Å². The lowest BCUT2D eigenvalue weighted by Crippen LogP contribution is -2.58. The Balaban J connectivity index is 1.95. The van der Waals surface area contributed by atoms with Crippen molar-refractivity contribution >= 4 is 11.0 Å². The number of benzene rings is 2. The first-order chi connectivity index (χ1) is 15.5. The topological polar surface area (TPSA) is 211 Å². The Kier molecular flexibility index (Phi) is 5.46. The molecule has 2 aromatic carbocycles. The molecule has 1 saturated heterocycles. The van der Waals surface area contributed by atoms with E-state index in [4.69, 9.17) is 13.9 Å². The first kappa shape index (κ1) is 22.5. The molecule has 0 amide bonds. The van der Waals surface area contributed by atoms with Gasteiger partial charge in [-0.3, -0.25) is 4.79 Å². The van der Waals surface area contributed by atoms with Crippen LogP contribution in [0.2, 0.25) is 0 Å². The Labute approximate surface area is 184 Å². The normalized spacial score (nSPS) is 25.3. The van der Waals surface area contributed by atoms with Crippen LogP contribution in [0.1, 0.15) is 6.92 Å². The molecule has 0 radical (unpaired) electrons. The van der Waals surface area contributed by atoms with Gasteiger partial charge in [0.1, 0.15) is 40.8 Å². The lowest BCUT2D eigenvalue weighted by atomic mass is 10.00. The van der Waals surface area contributed by atoms with Crippen LogP contribution in [0.3, 0.4) is 0 Å². The molecular formula is C21H20O12. The van der Waals surface area contributed by atoms with Crippen LogP contribution in [0, 0.1) is 0 Å². The third kappa shape index (κ3) is 3.74. The standard InChI is InChI=1S/C21H20O12/c1-6-14(26)17(29)18(30)21(31-6)33-20-16(28)13-9(23)4-8(22)5-12(13)32-19(20)7-2-10(24)15(27)11(25)3-7/h2-6,14,17-18,21-27,29-30H,1H3/t6-,14+,17+,18-,21+/m1/s1. The number of aliphatic hydroxyl groups is 3.